The van der Waals surface area contributed by atoms with E-state index in [0.717, 1.165) is 12.3 Å². The number of hydrogen-bond acceptors (Lipinski definition) is 6. The molecule has 1 aromatic carbocycles. The molecule has 0 saturated carbocycles. The van der Waals surface area contributed by atoms with Crippen LogP contribution in [0.3, 0.4) is 0 Å². The monoisotopic (exact) mass is 354 g/mol. The van der Waals surface area contributed by atoms with Crippen molar-refractivity contribution in [3.8, 4) is 0 Å². The Kier molecular flexibility index (Phi) is 5.91. The third kappa shape index (κ3) is 5.06. The fourth-order valence-electron chi connectivity index (χ4n) is 1.56. The number of benzene rings is 1. The van der Waals surface area contributed by atoms with Gasteiger partial charge in [0.1, 0.15) is 4.90 Å². The van der Waals surface area contributed by atoms with Crippen LogP contribution < -0.4 is 10.0 Å². The Labute approximate surface area is 127 Å². The molecule has 1 rings (SSSR count). The van der Waals surface area contributed by atoms with Crippen LogP contribution in [-0.2, 0) is 30.7 Å². The molecule has 1 atom stereocenters. The van der Waals surface area contributed by atoms with Gasteiger partial charge in [0.25, 0.3) is 0 Å². The number of anilines is 1. The van der Waals surface area contributed by atoms with E-state index < -0.39 is 30.7 Å². The minimum absolute atomic E-state index is 0.0116. The average Bonchev–Trinajstić information content (AvgIpc) is 2.36. The molecule has 21 heavy (non-hydrogen) atoms. The van der Waals surface area contributed by atoms with E-state index in [9.17, 15) is 21.0 Å². The summed E-state index contributed by atoms with van der Waals surface area (Å²) < 4.78 is 60.8. The molecule has 0 aliphatic rings. The van der Waals surface area contributed by atoms with Gasteiger partial charge in [0, 0.05) is 42.7 Å². The predicted octanol–water partition coefficient (Wildman–Crippen LogP) is -0.211. The summed E-state index contributed by atoms with van der Waals surface area (Å²) in [5.74, 6) is 0.180. The molecule has 7 nitrogen and oxygen atoms in total. The first-order valence-electron chi connectivity index (χ1n) is 5.89. The van der Waals surface area contributed by atoms with Gasteiger partial charge in [-0.05, 0) is 18.2 Å². The maximum atomic E-state index is 12.2. The number of sulfone groups is 1. The van der Waals surface area contributed by atoms with Gasteiger partial charge < -0.3 is 5.32 Å². The molecule has 0 saturated heterocycles. The topological polar surface area (TPSA) is 109 Å². The van der Waals surface area contributed by atoms with E-state index in [1.807, 2.05) is 0 Å². The Morgan fingerprint density at radius 1 is 1.19 bits per heavy atom. The summed E-state index contributed by atoms with van der Waals surface area (Å²) in [6, 6.07) is 3.83. The lowest BCUT2D eigenvalue weighted by Crippen LogP contribution is -2.28. The van der Waals surface area contributed by atoms with E-state index in [4.69, 9.17) is 0 Å². The smallest absolute Gasteiger partial charge is 0.242 e. The summed E-state index contributed by atoms with van der Waals surface area (Å²) in [6.45, 7) is 0.0116. The number of rotatable bonds is 7. The first-order chi connectivity index (χ1) is 9.58. The molecule has 0 aliphatic heterocycles. The van der Waals surface area contributed by atoms with Gasteiger partial charge in [-0.15, -0.1) is 0 Å². The molecule has 120 valence electrons. The van der Waals surface area contributed by atoms with Crippen molar-refractivity contribution in [1.29, 1.82) is 0 Å². The van der Waals surface area contributed by atoms with E-state index in [0.29, 0.717) is 0 Å². The Morgan fingerprint density at radius 2 is 1.81 bits per heavy atom. The van der Waals surface area contributed by atoms with Gasteiger partial charge in [-0.25, -0.2) is 21.6 Å². The van der Waals surface area contributed by atoms with Crippen LogP contribution >= 0.6 is 0 Å². The van der Waals surface area contributed by atoms with Crippen molar-refractivity contribution in [2.75, 3.05) is 37.2 Å². The summed E-state index contributed by atoms with van der Waals surface area (Å²) in [5, 5.41) is 2.71. The molecule has 1 aromatic rings. The average molecular weight is 354 g/mol. The van der Waals surface area contributed by atoms with Crippen LogP contribution in [0.5, 0.6) is 0 Å². The lowest BCUT2D eigenvalue weighted by molar-refractivity contribution is 0.584. The van der Waals surface area contributed by atoms with Crippen molar-refractivity contribution < 1.29 is 21.0 Å². The van der Waals surface area contributed by atoms with Crippen molar-refractivity contribution >= 4 is 36.3 Å². The second kappa shape index (κ2) is 6.86. The molecule has 0 bridgehead atoms. The van der Waals surface area contributed by atoms with Crippen LogP contribution in [-0.4, -0.2) is 52.9 Å². The van der Waals surface area contributed by atoms with Crippen molar-refractivity contribution in [1.82, 2.24) is 4.72 Å². The van der Waals surface area contributed by atoms with Crippen LogP contribution in [0, 0.1) is 0 Å². The van der Waals surface area contributed by atoms with Gasteiger partial charge in [0.05, 0.1) is 10.6 Å². The normalized spacial score (nSPS) is 13.9. The number of hydrogen-bond donors (Lipinski definition) is 2. The van der Waals surface area contributed by atoms with E-state index in [1.54, 1.807) is 0 Å². The summed E-state index contributed by atoms with van der Waals surface area (Å²) >= 11 is 0. The third-order valence-corrected chi connectivity index (χ3v) is 6.01. The summed E-state index contributed by atoms with van der Waals surface area (Å²) in [7, 11) is -6.99. The lowest BCUT2D eigenvalue weighted by Gasteiger charge is -2.12. The van der Waals surface area contributed by atoms with E-state index in [1.165, 1.54) is 25.4 Å². The minimum atomic E-state index is -3.89. The van der Waals surface area contributed by atoms with E-state index in [2.05, 4.69) is 10.0 Å². The summed E-state index contributed by atoms with van der Waals surface area (Å²) in [5.41, 5.74) is 0.285. The molecule has 10 heteroatoms. The molecule has 1 unspecified atom stereocenters. The fourth-order valence-corrected chi connectivity index (χ4v) is 4.07. The number of sulfonamides is 1. The van der Waals surface area contributed by atoms with Gasteiger partial charge in [0.15, 0.2) is 9.84 Å². The zero-order valence-electron chi connectivity index (χ0n) is 11.9. The van der Waals surface area contributed by atoms with Crippen LogP contribution in [0.15, 0.2) is 28.0 Å². The first kappa shape index (κ1) is 18.1. The molecule has 0 spiro atoms. The quantitative estimate of drug-likeness (QED) is 0.701. The Hall–Kier alpha value is -0.970. The van der Waals surface area contributed by atoms with Crippen molar-refractivity contribution in [3.63, 3.8) is 0 Å². The van der Waals surface area contributed by atoms with Gasteiger partial charge in [-0.3, -0.25) is 4.21 Å². The highest BCUT2D eigenvalue weighted by molar-refractivity contribution is 7.91. The Balaban J connectivity index is 3.23. The Bertz CT molecular complexity index is 741. The second-order valence-electron chi connectivity index (χ2n) is 4.36. The molecule has 0 aromatic heterocycles. The molecule has 0 aliphatic carbocycles. The highest BCUT2D eigenvalue weighted by Crippen LogP contribution is 2.24. The van der Waals surface area contributed by atoms with Gasteiger partial charge in [-0.2, -0.15) is 0 Å². The van der Waals surface area contributed by atoms with Crippen molar-refractivity contribution in [2.45, 2.75) is 9.79 Å². The fraction of sp³-hybridized carbons (Fsp3) is 0.455. The van der Waals surface area contributed by atoms with E-state index in [-0.39, 0.29) is 27.8 Å². The van der Waals surface area contributed by atoms with Crippen LogP contribution in [0.4, 0.5) is 5.69 Å². The highest BCUT2D eigenvalue weighted by Gasteiger charge is 2.21. The second-order valence-corrected chi connectivity index (χ2v) is 9.66. The molecule has 2 N–H and O–H groups in total. The SMILES string of the molecule is CNc1ccc(S(C)(=O)=O)cc1S(=O)(=O)NCCS(C)=O. The maximum absolute atomic E-state index is 12.2. The molecule has 0 amide bonds. The zero-order chi connectivity index (χ0) is 16.3. The Morgan fingerprint density at radius 3 is 2.29 bits per heavy atom. The van der Waals surface area contributed by atoms with Crippen LogP contribution in [0.25, 0.3) is 0 Å². The third-order valence-electron chi connectivity index (χ3n) is 2.62. The van der Waals surface area contributed by atoms with Gasteiger partial charge >= 0.3 is 0 Å². The summed E-state index contributed by atoms with van der Waals surface area (Å²) in [6.07, 6.45) is 2.48. The maximum Gasteiger partial charge on any atom is 0.242 e. The van der Waals surface area contributed by atoms with Gasteiger partial charge in [0.2, 0.25) is 10.0 Å². The molecule has 0 fully saturated rings. The predicted molar refractivity (Wildman–Crippen MR) is 83.2 cm³/mol. The molecular weight excluding hydrogens is 336 g/mol. The van der Waals surface area contributed by atoms with Crippen LogP contribution in [0.2, 0.25) is 0 Å². The van der Waals surface area contributed by atoms with Gasteiger partial charge in [-0.1, -0.05) is 0 Å². The molecular formula is C11H18N2O5S3. The zero-order valence-corrected chi connectivity index (χ0v) is 14.4. The summed E-state index contributed by atoms with van der Waals surface area (Å²) in [4.78, 5) is -0.240. The van der Waals surface area contributed by atoms with Crippen molar-refractivity contribution in [2.24, 2.45) is 0 Å². The van der Waals surface area contributed by atoms with Crippen LogP contribution in [0.1, 0.15) is 0 Å². The highest BCUT2D eigenvalue weighted by atomic mass is 32.2. The van der Waals surface area contributed by atoms with E-state index >= 15 is 0 Å². The largest absolute Gasteiger partial charge is 0.387 e. The molecule has 0 heterocycles. The first-order valence-corrected chi connectivity index (χ1v) is 11.0. The number of nitrogens with one attached hydrogen (secondary N) is 2. The minimum Gasteiger partial charge on any atom is -0.387 e. The molecule has 0 radical (unpaired) electrons. The standard InChI is InChI=1S/C11H18N2O5S3/c1-12-10-5-4-9(20(3,15)16)8-11(10)21(17,18)13-6-7-19(2)14/h4-5,8,12-13H,6-7H2,1-3H3. The van der Waals surface area contributed by atoms with Crippen molar-refractivity contribution in [3.05, 3.63) is 18.2 Å². The lowest BCUT2D eigenvalue weighted by atomic mass is 10.3.